The van der Waals surface area contributed by atoms with Crippen LogP contribution in [0.2, 0.25) is 0 Å². The number of aryl methyl sites for hydroxylation is 2. The molecule has 30 heavy (non-hydrogen) atoms. The Labute approximate surface area is 186 Å². The molecule has 0 saturated carbocycles. The average molecular weight is 425 g/mol. The number of hydrogen-bond donors (Lipinski definition) is 1. The van der Waals surface area contributed by atoms with Crippen LogP contribution in [0.25, 0.3) is 0 Å². The Bertz CT molecular complexity index is 870. The summed E-state index contributed by atoms with van der Waals surface area (Å²) in [4.78, 5) is 2.19. The molecule has 162 valence electrons. The van der Waals surface area contributed by atoms with E-state index in [1.54, 1.807) is 11.8 Å². The maximum absolute atomic E-state index is 11.1. The van der Waals surface area contributed by atoms with Gasteiger partial charge in [0.1, 0.15) is 5.76 Å². The lowest BCUT2D eigenvalue weighted by atomic mass is 9.82. The van der Waals surface area contributed by atoms with E-state index in [0.29, 0.717) is 30.6 Å². The molecule has 2 aromatic carbocycles. The Morgan fingerprint density at radius 1 is 1.07 bits per heavy atom. The third kappa shape index (κ3) is 5.92. The molecule has 0 spiro atoms. The normalized spacial score (nSPS) is 19.7. The molecule has 3 heteroatoms. The first-order valence-electron chi connectivity index (χ1n) is 11.2. The predicted octanol–water partition coefficient (Wildman–Crippen LogP) is 7.82. The van der Waals surface area contributed by atoms with E-state index in [0.717, 1.165) is 24.2 Å². The Balaban J connectivity index is 1.79. The molecule has 1 heterocycles. The molecule has 1 aliphatic heterocycles. The van der Waals surface area contributed by atoms with Gasteiger partial charge in [-0.1, -0.05) is 81.9 Å². The highest BCUT2D eigenvalue weighted by molar-refractivity contribution is 8.03. The molecule has 1 N–H and O–H groups in total. The molecule has 0 saturated heterocycles. The van der Waals surface area contributed by atoms with E-state index in [-0.39, 0.29) is 5.60 Å². The minimum atomic E-state index is -0.286. The highest BCUT2D eigenvalue weighted by Crippen LogP contribution is 2.43. The van der Waals surface area contributed by atoms with Gasteiger partial charge in [-0.05, 0) is 60.8 Å². The number of benzene rings is 2. The minimum Gasteiger partial charge on any atom is -0.511 e. The van der Waals surface area contributed by atoms with Crippen molar-refractivity contribution in [1.82, 2.24) is 0 Å². The van der Waals surface area contributed by atoms with Gasteiger partial charge in [-0.2, -0.15) is 0 Å². The van der Waals surface area contributed by atoms with Crippen molar-refractivity contribution in [3.63, 3.8) is 0 Å². The van der Waals surface area contributed by atoms with E-state index >= 15 is 0 Å². The van der Waals surface area contributed by atoms with Gasteiger partial charge < -0.3 is 9.84 Å². The molecule has 1 atom stereocenters. The van der Waals surface area contributed by atoms with Crippen molar-refractivity contribution in [3.8, 4) is 0 Å². The molecule has 2 aromatic rings. The molecule has 1 unspecified atom stereocenters. The second-order valence-corrected chi connectivity index (χ2v) is 10.5. The van der Waals surface area contributed by atoms with Gasteiger partial charge in [0.25, 0.3) is 0 Å². The van der Waals surface area contributed by atoms with Gasteiger partial charge in [0.15, 0.2) is 0 Å². The summed E-state index contributed by atoms with van der Waals surface area (Å²) in [5.74, 6) is 1.48. The van der Waals surface area contributed by atoms with Crippen LogP contribution in [0.15, 0.2) is 64.1 Å². The van der Waals surface area contributed by atoms with Crippen molar-refractivity contribution >= 4 is 11.8 Å². The van der Waals surface area contributed by atoms with Crippen LogP contribution in [0.4, 0.5) is 0 Å². The third-order valence-corrected chi connectivity index (χ3v) is 7.01. The molecule has 1 aliphatic rings. The second kappa shape index (κ2) is 10.1. The van der Waals surface area contributed by atoms with E-state index in [9.17, 15) is 5.11 Å². The summed E-state index contributed by atoms with van der Waals surface area (Å²) in [6.07, 6.45) is 3.46. The van der Waals surface area contributed by atoms with Gasteiger partial charge in [-0.3, -0.25) is 0 Å². The summed E-state index contributed by atoms with van der Waals surface area (Å²) in [5, 5.41) is 11.1. The average Bonchev–Trinajstić information content (AvgIpc) is 2.69. The molecule has 0 aliphatic carbocycles. The van der Waals surface area contributed by atoms with Gasteiger partial charge in [-0.25, -0.2) is 0 Å². The SMILES string of the molecule is Cc1ccc(C(C)C)c(SC2=C(O)CC(CCc3ccccc3)(CC(C)C)OC2)c1. The van der Waals surface area contributed by atoms with Crippen molar-refractivity contribution in [3.05, 3.63) is 75.9 Å². The number of aliphatic hydroxyl groups excluding tert-OH is 1. The van der Waals surface area contributed by atoms with Gasteiger partial charge in [-0.15, -0.1) is 0 Å². The maximum atomic E-state index is 11.1. The molecule has 0 aromatic heterocycles. The topological polar surface area (TPSA) is 29.5 Å². The number of hydrogen-bond acceptors (Lipinski definition) is 3. The van der Waals surface area contributed by atoms with Gasteiger partial charge in [0, 0.05) is 11.3 Å². The van der Waals surface area contributed by atoms with Crippen molar-refractivity contribution in [2.24, 2.45) is 5.92 Å². The van der Waals surface area contributed by atoms with Crippen LogP contribution >= 0.6 is 11.8 Å². The van der Waals surface area contributed by atoms with Crippen molar-refractivity contribution in [2.75, 3.05) is 6.61 Å². The first kappa shape index (κ1) is 23.0. The van der Waals surface area contributed by atoms with E-state index in [1.807, 2.05) is 0 Å². The molecular weight excluding hydrogens is 388 g/mol. The van der Waals surface area contributed by atoms with Crippen LogP contribution in [0, 0.1) is 12.8 Å². The Morgan fingerprint density at radius 2 is 1.80 bits per heavy atom. The lowest BCUT2D eigenvalue weighted by molar-refractivity contribution is -0.0695. The molecule has 2 nitrogen and oxygen atoms in total. The van der Waals surface area contributed by atoms with Crippen LogP contribution in [-0.4, -0.2) is 17.3 Å². The fourth-order valence-electron chi connectivity index (χ4n) is 4.34. The van der Waals surface area contributed by atoms with E-state index in [1.165, 1.54) is 21.6 Å². The Kier molecular flexibility index (Phi) is 7.70. The Morgan fingerprint density at radius 3 is 2.43 bits per heavy atom. The van der Waals surface area contributed by atoms with Crippen molar-refractivity contribution < 1.29 is 9.84 Å². The van der Waals surface area contributed by atoms with E-state index < -0.39 is 0 Å². The van der Waals surface area contributed by atoms with Crippen LogP contribution in [0.1, 0.15) is 69.6 Å². The fraction of sp³-hybridized carbons (Fsp3) is 0.481. The summed E-state index contributed by atoms with van der Waals surface area (Å²) in [6.45, 7) is 11.5. The quantitative estimate of drug-likeness (QED) is 0.468. The van der Waals surface area contributed by atoms with E-state index in [2.05, 4.69) is 83.1 Å². The minimum absolute atomic E-state index is 0.286. The van der Waals surface area contributed by atoms with Crippen LogP contribution in [0.5, 0.6) is 0 Å². The largest absolute Gasteiger partial charge is 0.511 e. The first-order valence-corrected chi connectivity index (χ1v) is 12.0. The summed E-state index contributed by atoms with van der Waals surface area (Å²) < 4.78 is 6.55. The number of rotatable bonds is 8. The number of aliphatic hydroxyl groups is 1. The highest BCUT2D eigenvalue weighted by Gasteiger charge is 2.37. The zero-order valence-corrected chi connectivity index (χ0v) is 19.9. The molecule has 0 bridgehead atoms. The second-order valence-electron chi connectivity index (χ2n) is 9.40. The summed E-state index contributed by atoms with van der Waals surface area (Å²) >= 11 is 1.68. The molecule has 0 fully saturated rings. The summed E-state index contributed by atoms with van der Waals surface area (Å²) in [7, 11) is 0. The molecule has 3 rings (SSSR count). The number of ether oxygens (including phenoxy) is 1. The maximum Gasteiger partial charge on any atom is 0.107 e. The summed E-state index contributed by atoms with van der Waals surface area (Å²) in [6, 6.07) is 17.2. The lowest BCUT2D eigenvalue weighted by Gasteiger charge is -2.39. The van der Waals surface area contributed by atoms with Crippen LogP contribution in [0.3, 0.4) is 0 Å². The molecule has 0 radical (unpaired) electrons. The lowest BCUT2D eigenvalue weighted by Crippen LogP contribution is -2.39. The van der Waals surface area contributed by atoms with Gasteiger partial charge in [0.05, 0.1) is 17.1 Å². The van der Waals surface area contributed by atoms with Crippen LogP contribution < -0.4 is 0 Å². The first-order chi connectivity index (χ1) is 14.3. The van der Waals surface area contributed by atoms with Crippen molar-refractivity contribution in [1.29, 1.82) is 0 Å². The molecular formula is C27H36O2S. The molecule has 0 amide bonds. The fourth-order valence-corrected chi connectivity index (χ4v) is 5.58. The Hall–Kier alpha value is -1.71. The smallest absolute Gasteiger partial charge is 0.107 e. The van der Waals surface area contributed by atoms with Gasteiger partial charge in [0.2, 0.25) is 0 Å². The zero-order valence-electron chi connectivity index (χ0n) is 19.1. The predicted molar refractivity (Wildman–Crippen MR) is 128 cm³/mol. The summed E-state index contributed by atoms with van der Waals surface area (Å²) in [5.41, 5.74) is 3.62. The highest BCUT2D eigenvalue weighted by atomic mass is 32.2. The van der Waals surface area contributed by atoms with Gasteiger partial charge >= 0.3 is 0 Å². The third-order valence-electron chi connectivity index (χ3n) is 5.84. The number of thioether (sulfide) groups is 1. The zero-order chi connectivity index (χ0) is 21.7. The van der Waals surface area contributed by atoms with Crippen molar-refractivity contribution in [2.45, 2.75) is 76.7 Å². The monoisotopic (exact) mass is 424 g/mol. The standard InChI is InChI=1S/C27H36O2S/c1-19(2)16-27(14-13-22-9-7-6-8-10-22)17-24(28)26(18-29-27)30-25-15-21(5)11-12-23(25)20(3)4/h6-12,15,19-20,28H,13-14,16-18H2,1-5H3. The van der Waals surface area contributed by atoms with Crippen LogP contribution in [-0.2, 0) is 11.2 Å². The van der Waals surface area contributed by atoms with E-state index in [4.69, 9.17) is 4.74 Å².